The number of rotatable bonds is 6. The molecule has 20 heavy (non-hydrogen) atoms. The van der Waals surface area contributed by atoms with E-state index in [1.807, 2.05) is 0 Å². The molecule has 2 fully saturated rings. The van der Waals surface area contributed by atoms with E-state index in [0.717, 1.165) is 12.0 Å². The maximum atomic E-state index is 5.41. The topological polar surface area (TPSA) is 15.7 Å². The quantitative estimate of drug-likeness (QED) is 0.639. The molecule has 4 heteroatoms. The summed E-state index contributed by atoms with van der Waals surface area (Å²) in [5.41, 5.74) is 0. The van der Waals surface area contributed by atoms with Crippen molar-refractivity contribution in [3.05, 3.63) is 0 Å². The Labute approximate surface area is 139 Å². The Balaban J connectivity index is 1.78. The number of hydrogen-bond acceptors (Lipinski definition) is 3. The van der Waals surface area contributed by atoms with E-state index in [1.165, 1.54) is 45.3 Å². The third-order valence-electron chi connectivity index (χ3n) is 5.18. The zero-order chi connectivity index (χ0) is 14.7. The molecule has 0 aromatic rings. The second-order valence-electron chi connectivity index (χ2n) is 7.20. The van der Waals surface area contributed by atoms with Crippen LogP contribution in [0.2, 0.25) is 0 Å². The predicted molar refractivity (Wildman–Crippen MR) is 93.2 cm³/mol. The van der Waals surface area contributed by atoms with Crippen LogP contribution in [0, 0.1) is 5.92 Å². The summed E-state index contributed by atoms with van der Waals surface area (Å²) in [6, 6.07) is 2.14. The number of hydrogen-bond donors (Lipinski definition) is 0. The van der Waals surface area contributed by atoms with Gasteiger partial charge in [0.25, 0.3) is 0 Å². The fourth-order valence-electron chi connectivity index (χ4n) is 3.61. The lowest BCUT2D eigenvalue weighted by Gasteiger charge is -2.46. The molecular weight excluding hydrogens is 363 g/mol. The molecule has 0 aromatic heterocycles. The van der Waals surface area contributed by atoms with Gasteiger partial charge in [0.15, 0.2) is 0 Å². The average molecular weight is 394 g/mol. The van der Waals surface area contributed by atoms with Gasteiger partial charge in [-0.1, -0.05) is 0 Å². The zero-order valence-electron chi connectivity index (χ0n) is 13.5. The van der Waals surface area contributed by atoms with Crippen molar-refractivity contribution in [2.75, 3.05) is 19.6 Å². The number of likely N-dealkylation sites (tertiary alicyclic amines) is 1. The molecular formula is C16H31IN2O. The van der Waals surface area contributed by atoms with Crippen molar-refractivity contribution >= 4 is 23.0 Å². The Hall–Kier alpha value is 0.610. The highest BCUT2D eigenvalue weighted by molar-refractivity contribution is 14.1. The van der Waals surface area contributed by atoms with Gasteiger partial charge in [-0.15, -0.1) is 0 Å². The molecule has 1 heterocycles. The summed E-state index contributed by atoms with van der Waals surface area (Å²) >= 11 is 2.06. The molecule has 3 nitrogen and oxygen atoms in total. The van der Waals surface area contributed by atoms with Gasteiger partial charge in [0.05, 0.1) is 6.10 Å². The van der Waals surface area contributed by atoms with Crippen LogP contribution in [0.25, 0.3) is 0 Å². The van der Waals surface area contributed by atoms with Crippen molar-refractivity contribution in [1.29, 1.82) is 0 Å². The highest BCUT2D eigenvalue weighted by Crippen LogP contribution is 2.32. The van der Waals surface area contributed by atoms with Gasteiger partial charge >= 0.3 is 0 Å². The lowest BCUT2D eigenvalue weighted by molar-refractivity contribution is 0.00469. The third kappa shape index (κ3) is 4.31. The zero-order valence-corrected chi connectivity index (χ0v) is 15.7. The van der Waals surface area contributed by atoms with Crippen LogP contribution in [-0.4, -0.2) is 53.7 Å². The van der Waals surface area contributed by atoms with Crippen molar-refractivity contribution in [2.24, 2.45) is 5.92 Å². The smallest absolute Gasteiger partial charge is 0.110 e. The number of nitrogens with zero attached hydrogens (tertiary/aromatic N) is 2. The van der Waals surface area contributed by atoms with Gasteiger partial charge in [0, 0.05) is 24.7 Å². The molecule has 1 aliphatic carbocycles. The molecule has 0 amide bonds. The van der Waals surface area contributed by atoms with Crippen LogP contribution in [0.3, 0.4) is 0 Å². The molecule has 0 aromatic carbocycles. The minimum absolute atomic E-state index is 0.504. The average Bonchev–Trinajstić information content (AvgIpc) is 2.36. The van der Waals surface area contributed by atoms with E-state index in [2.05, 4.69) is 60.5 Å². The molecule has 0 spiro atoms. The van der Waals surface area contributed by atoms with E-state index in [0.29, 0.717) is 18.2 Å². The van der Waals surface area contributed by atoms with Crippen LogP contribution in [0.5, 0.6) is 0 Å². The fraction of sp³-hybridized carbons (Fsp3) is 1.00. The molecule has 0 radical (unpaired) electrons. The Morgan fingerprint density at radius 3 is 2.20 bits per heavy atom. The van der Waals surface area contributed by atoms with Gasteiger partial charge in [-0.25, -0.2) is 0 Å². The largest absolute Gasteiger partial charge is 0.312 e. The summed E-state index contributed by atoms with van der Waals surface area (Å²) in [6.07, 6.45) is 5.71. The second kappa shape index (κ2) is 7.75. The minimum Gasteiger partial charge on any atom is -0.312 e. The Bertz CT molecular complexity index is 284. The van der Waals surface area contributed by atoms with Crippen molar-refractivity contribution in [3.8, 4) is 0 Å². The maximum absolute atomic E-state index is 5.41. The molecule has 118 valence electrons. The lowest BCUT2D eigenvalue weighted by Crippen LogP contribution is -2.52. The first-order valence-corrected chi connectivity index (χ1v) is 9.16. The standard InChI is InChI=1S/C16H31IN2O/c1-12(2)18-7-5-14(6-8-18)11-19(13(3)4)15-9-16(10-15)20-17/h12-16H,5-11H2,1-4H3/t15-,16-. The van der Waals surface area contributed by atoms with Gasteiger partial charge in [0.1, 0.15) is 23.0 Å². The van der Waals surface area contributed by atoms with E-state index >= 15 is 0 Å². The molecule has 2 rings (SSSR count). The predicted octanol–water partition coefficient (Wildman–Crippen LogP) is 3.71. The molecule has 0 atom stereocenters. The fourth-order valence-corrected chi connectivity index (χ4v) is 4.03. The molecule has 1 saturated carbocycles. The highest BCUT2D eigenvalue weighted by Gasteiger charge is 2.36. The summed E-state index contributed by atoms with van der Waals surface area (Å²) in [5, 5.41) is 0. The van der Waals surface area contributed by atoms with Gasteiger partial charge < -0.3 is 7.97 Å². The van der Waals surface area contributed by atoms with E-state index in [1.54, 1.807) is 0 Å². The molecule has 0 unspecified atom stereocenters. The van der Waals surface area contributed by atoms with Crippen molar-refractivity contribution in [1.82, 2.24) is 9.80 Å². The van der Waals surface area contributed by atoms with Crippen LogP contribution in [0.4, 0.5) is 0 Å². The first-order valence-electron chi connectivity index (χ1n) is 8.28. The van der Waals surface area contributed by atoms with Crippen molar-refractivity contribution in [3.63, 3.8) is 0 Å². The van der Waals surface area contributed by atoms with Crippen molar-refractivity contribution < 1.29 is 3.07 Å². The first-order chi connectivity index (χ1) is 9.51. The SMILES string of the molecule is CC(C)N1CCC(CN(C(C)C)[C@H]2C[C@H](OI)C2)CC1. The highest BCUT2D eigenvalue weighted by atomic mass is 127. The number of piperidine rings is 1. The van der Waals surface area contributed by atoms with Gasteiger partial charge in [-0.3, -0.25) is 4.90 Å². The normalized spacial score (nSPS) is 29.4. The molecule has 1 saturated heterocycles. The summed E-state index contributed by atoms with van der Waals surface area (Å²) in [5.74, 6) is 0.895. The Kier molecular flexibility index (Phi) is 6.57. The monoisotopic (exact) mass is 394 g/mol. The summed E-state index contributed by atoms with van der Waals surface area (Å²) < 4.78 is 5.41. The van der Waals surface area contributed by atoms with E-state index in [9.17, 15) is 0 Å². The van der Waals surface area contributed by atoms with Crippen LogP contribution in [0.1, 0.15) is 53.4 Å². The molecule has 0 N–H and O–H groups in total. The molecule has 2 aliphatic rings. The van der Waals surface area contributed by atoms with Crippen molar-refractivity contribution in [2.45, 2.75) is 77.6 Å². The Morgan fingerprint density at radius 1 is 1.15 bits per heavy atom. The van der Waals surface area contributed by atoms with E-state index in [-0.39, 0.29) is 0 Å². The minimum atomic E-state index is 0.504. The van der Waals surface area contributed by atoms with Crippen LogP contribution < -0.4 is 0 Å². The van der Waals surface area contributed by atoms with Crippen LogP contribution in [0.15, 0.2) is 0 Å². The summed E-state index contributed by atoms with van der Waals surface area (Å²) in [6.45, 7) is 13.2. The van der Waals surface area contributed by atoms with Gasteiger partial charge in [-0.2, -0.15) is 0 Å². The Morgan fingerprint density at radius 2 is 1.75 bits per heavy atom. The summed E-state index contributed by atoms with van der Waals surface area (Å²) in [7, 11) is 0. The van der Waals surface area contributed by atoms with E-state index in [4.69, 9.17) is 3.07 Å². The maximum Gasteiger partial charge on any atom is 0.110 e. The van der Waals surface area contributed by atoms with E-state index < -0.39 is 0 Å². The lowest BCUT2D eigenvalue weighted by atomic mass is 9.85. The van der Waals surface area contributed by atoms with Crippen LogP contribution >= 0.6 is 23.0 Å². The number of halogens is 1. The van der Waals surface area contributed by atoms with Gasteiger partial charge in [0.2, 0.25) is 0 Å². The molecule has 0 bridgehead atoms. The third-order valence-corrected chi connectivity index (χ3v) is 5.90. The first kappa shape index (κ1) is 17.0. The summed E-state index contributed by atoms with van der Waals surface area (Å²) in [4.78, 5) is 5.36. The van der Waals surface area contributed by atoms with Gasteiger partial charge in [-0.05, 0) is 72.4 Å². The molecule has 1 aliphatic heterocycles. The van der Waals surface area contributed by atoms with Crippen LogP contribution in [-0.2, 0) is 3.07 Å². The second-order valence-corrected chi connectivity index (χ2v) is 7.71.